The van der Waals surface area contributed by atoms with Crippen molar-refractivity contribution in [3.63, 3.8) is 0 Å². The lowest BCUT2D eigenvalue weighted by Gasteiger charge is -2.16. The van der Waals surface area contributed by atoms with E-state index in [1.807, 2.05) is 49.7 Å². The molecule has 9 nitrogen and oxygen atoms in total. The Labute approximate surface area is 176 Å². The summed E-state index contributed by atoms with van der Waals surface area (Å²) in [6, 6.07) is 7.43. The predicted octanol–water partition coefficient (Wildman–Crippen LogP) is 3.11. The summed E-state index contributed by atoms with van der Waals surface area (Å²) in [5, 5.41) is 21.1. The highest BCUT2D eigenvalue weighted by molar-refractivity contribution is 7.99. The van der Waals surface area contributed by atoms with E-state index >= 15 is 0 Å². The van der Waals surface area contributed by atoms with Gasteiger partial charge in [0, 0.05) is 7.05 Å². The molecule has 0 fully saturated rings. The van der Waals surface area contributed by atoms with Gasteiger partial charge in [0.2, 0.25) is 11.0 Å². The van der Waals surface area contributed by atoms with E-state index in [1.165, 1.54) is 23.1 Å². The van der Waals surface area contributed by atoms with Crippen LogP contribution in [0.5, 0.6) is 11.5 Å². The maximum absolute atomic E-state index is 12.2. The van der Waals surface area contributed by atoms with Crippen molar-refractivity contribution in [3.8, 4) is 11.5 Å². The highest BCUT2D eigenvalue weighted by atomic mass is 32.2. The molecular weight excluding hydrogens is 412 g/mol. The molecule has 2 heterocycles. The molecule has 11 heteroatoms. The number of aromatic nitrogens is 5. The van der Waals surface area contributed by atoms with Gasteiger partial charge in [-0.25, -0.2) is 0 Å². The predicted molar refractivity (Wildman–Crippen MR) is 112 cm³/mol. The second-order valence-electron chi connectivity index (χ2n) is 6.00. The average Bonchev–Trinajstić information content (AvgIpc) is 3.33. The zero-order valence-electron chi connectivity index (χ0n) is 16.6. The molecule has 1 amide bonds. The van der Waals surface area contributed by atoms with Gasteiger partial charge in [0.25, 0.3) is 0 Å². The maximum atomic E-state index is 12.2. The standard InChI is InChI=1S/C18H22N6O3S2/c1-5-15-20-22-17(29-15)19-14(25)10-28-18-23-21-16(24(18)3)11(2)27-13-9-7-6-8-12(13)26-4/h6-9,11H,5,10H2,1-4H3,(H,19,22,25). The lowest BCUT2D eigenvalue weighted by atomic mass is 10.3. The van der Waals surface area contributed by atoms with Gasteiger partial charge in [0.05, 0.1) is 12.9 Å². The molecule has 2 aromatic heterocycles. The minimum Gasteiger partial charge on any atom is -0.493 e. The van der Waals surface area contributed by atoms with Crippen LogP contribution in [0, 0.1) is 0 Å². The van der Waals surface area contributed by atoms with Crippen molar-refractivity contribution < 1.29 is 14.3 Å². The number of hydrogen-bond donors (Lipinski definition) is 1. The molecule has 1 atom stereocenters. The molecule has 0 saturated carbocycles. The van der Waals surface area contributed by atoms with Crippen molar-refractivity contribution in [1.29, 1.82) is 0 Å². The van der Waals surface area contributed by atoms with Crippen LogP contribution in [0.3, 0.4) is 0 Å². The first-order valence-electron chi connectivity index (χ1n) is 8.95. The summed E-state index contributed by atoms with van der Waals surface area (Å²) in [5.74, 6) is 1.94. The van der Waals surface area contributed by atoms with Crippen molar-refractivity contribution in [3.05, 3.63) is 35.1 Å². The van der Waals surface area contributed by atoms with Gasteiger partial charge in [-0.2, -0.15) is 0 Å². The normalized spacial score (nSPS) is 11.9. The number of amides is 1. The number of hydrogen-bond acceptors (Lipinski definition) is 9. The number of ether oxygens (including phenoxy) is 2. The molecule has 0 aliphatic rings. The molecule has 3 rings (SSSR count). The van der Waals surface area contributed by atoms with Gasteiger partial charge in [-0.05, 0) is 25.5 Å². The molecule has 154 valence electrons. The Morgan fingerprint density at radius 1 is 1.24 bits per heavy atom. The summed E-state index contributed by atoms with van der Waals surface area (Å²) in [4.78, 5) is 12.2. The average molecular weight is 435 g/mol. The first-order valence-corrected chi connectivity index (χ1v) is 10.8. The number of thioether (sulfide) groups is 1. The highest BCUT2D eigenvalue weighted by Gasteiger charge is 2.19. The molecule has 0 radical (unpaired) electrons. The number of benzene rings is 1. The van der Waals surface area contributed by atoms with Gasteiger partial charge >= 0.3 is 0 Å². The minimum absolute atomic E-state index is 0.170. The summed E-state index contributed by atoms with van der Waals surface area (Å²) in [6.07, 6.45) is 0.444. The summed E-state index contributed by atoms with van der Waals surface area (Å²) in [5.41, 5.74) is 0. The smallest absolute Gasteiger partial charge is 0.236 e. The van der Waals surface area contributed by atoms with E-state index in [2.05, 4.69) is 25.7 Å². The Morgan fingerprint density at radius 3 is 2.69 bits per heavy atom. The molecule has 1 N–H and O–H groups in total. The number of nitrogens with one attached hydrogen (secondary N) is 1. The lowest BCUT2D eigenvalue weighted by molar-refractivity contribution is -0.113. The van der Waals surface area contributed by atoms with Crippen molar-refractivity contribution in [2.75, 3.05) is 18.2 Å². The zero-order valence-corrected chi connectivity index (χ0v) is 18.2. The zero-order chi connectivity index (χ0) is 20.8. The fourth-order valence-corrected chi connectivity index (χ4v) is 3.91. The van der Waals surface area contributed by atoms with Crippen LogP contribution in [0.15, 0.2) is 29.4 Å². The van der Waals surface area contributed by atoms with Gasteiger partial charge in [-0.1, -0.05) is 42.2 Å². The van der Waals surface area contributed by atoms with Crippen molar-refractivity contribution in [2.45, 2.75) is 31.5 Å². The number of anilines is 1. The Bertz CT molecular complexity index is 974. The Morgan fingerprint density at radius 2 is 2.00 bits per heavy atom. The quantitative estimate of drug-likeness (QED) is 0.512. The number of para-hydroxylation sites is 2. The minimum atomic E-state index is -0.346. The van der Waals surface area contributed by atoms with Crippen LogP contribution in [0.2, 0.25) is 0 Å². The largest absolute Gasteiger partial charge is 0.493 e. The SMILES string of the molecule is CCc1nnc(NC(=O)CSc2nnc(C(C)Oc3ccccc3OC)n2C)s1. The number of methoxy groups -OCH3 is 1. The Kier molecular flexibility index (Phi) is 7.04. The van der Waals surface area contributed by atoms with Crippen LogP contribution in [0.4, 0.5) is 5.13 Å². The molecule has 1 unspecified atom stereocenters. The summed E-state index contributed by atoms with van der Waals surface area (Å²) >= 11 is 2.67. The summed E-state index contributed by atoms with van der Waals surface area (Å²) in [7, 11) is 3.44. The number of aryl methyl sites for hydroxylation is 1. The van der Waals surface area contributed by atoms with Gasteiger partial charge in [0.1, 0.15) is 5.01 Å². The third-order valence-corrected chi connectivity index (χ3v) is 5.96. The van der Waals surface area contributed by atoms with E-state index in [1.54, 1.807) is 7.11 Å². The second-order valence-corrected chi connectivity index (χ2v) is 8.01. The van der Waals surface area contributed by atoms with Crippen LogP contribution in [-0.4, -0.2) is 43.7 Å². The van der Waals surface area contributed by atoms with Gasteiger partial charge in [-0.3, -0.25) is 10.1 Å². The molecule has 0 aliphatic heterocycles. The molecule has 1 aromatic carbocycles. The molecule has 29 heavy (non-hydrogen) atoms. The number of carbonyl (C=O) groups excluding carboxylic acids is 1. The maximum Gasteiger partial charge on any atom is 0.236 e. The van der Waals surface area contributed by atoms with E-state index < -0.39 is 0 Å². The first-order chi connectivity index (χ1) is 14.0. The van der Waals surface area contributed by atoms with Gasteiger partial charge in [0.15, 0.2) is 28.6 Å². The van der Waals surface area contributed by atoms with Crippen LogP contribution in [0.25, 0.3) is 0 Å². The van der Waals surface area contributed by atoms with Crippen LogP contribution in [-0.2, 0) is 18.3 Å². The fourth-order valence-electron chi connectivity index (χ4n) is 2.50. The van der Waals surface area contributed by atoms with Crippen LogP contribution in [0.1, 0.15) is 30.8 Å². The molecule has 0 saturated heterocycles. The lowest BCUT2D eigenvalue weighted by Crippen LogP contribution is -2.14. The van der Waals surface area contributed by atoms with Gasteiger partial charge < -0.3 is 14.0 Å². The molecule has 3 aromatic rings. The molecule has 0 bridgehead atoms. The van der Waals surface area contributed by atoms with E-state index in [9.17, 15) is 4.79 Å². The topological polar surface area (TPSA) is 104 Å². The second kappa shape index (κ2) is 9.70. The number of nitrogens with zero attached hydrogens (tertiary/aromatic N) is 5. The molecule has 0 spiro atoms. The monoisotopic (exact) mass is 434 g/mol. The Balaban J connectivity index is 1.59. The fraction of sp³-hybridized carbons (Fsp3) is 0.389. The summed E-state index contributed by atoms with van der Waals surface area (Å²) in [6.45, 7) is 3.88. The highest BCUT2D eigenvalue weighted by Crippen LogP contribution is 2.30. The molecule has 0 aliphatic carbocycles. The van der Waals surface area contributed by atoms with E-state index in [4.69, 9.17) is 9.47 Å². The van der Waals surface area contributed by atoms with Crippen molar-refractivity contribution >= 4 is 34.1 Å². The number of carbonyl (C=O) groups is 1. The Hall–Kier alpha value is -2.66. The first kappa shape index (κ1) is 21.1. The van der Waals surface area contributed by atoms with Gasteiger partial charge in [-0.15, -0.1) is 20.4 Å². The van der Waals surface area contributed by atoms with E-state index in [0.29, 0.717) is 27.6 Å². The molecular formula is C18H22N6O3S2. The third kappa shape index (κ3) is 5.24. The van der Waals surface area contributed by atoms with Crippen LogP contribution < -0.4 is 14.8 Å². The van der Waals surface area contributed by atoms with Crippen molar-refractivity contribution in [2.24, 2.45) is 7.05 Å². The van der Waals surface area contributed by atoms with E-state index in [0.717, 1.165) is 11.4 Å². The van der Waals surface area contributed by atoms with Crippen molar-refractivity contribution in [1.82, 2.24) is 25.0 Å². The van der Waals surface area contributed by atoms with Crippen LogP contribution >= 0.6 is 23.1 Å². The number of rotatable bonds is 9. The summed E-state index contributed by atoms with van der Waals surface area (Å²) < 4.78 is 13.1. The third-order valence-electron chi connectivity index (χ3n) is 3.95. The van der Waals surface area contributed by atoms with E-state index in [-0.39, 0.29) is 17.8 Å².